The van der Waals surface area contributed by atoms with Gasteiger partial charge in [0, 0.05) is 25.7 Å². The standard InChI is InChI=1S/C9H18N2O/c1-9-8-12-7-6-11(9)5-3-2-4-10/h2-3,9H,4-8,10H2,1H3/b3-2+. The molecule has 0 amide bonds. The second kappa shape index (κ2) is 5.30. The molecular formula is C9H18N2O. The molecule has 1 unspecified atom stereocenters. The van der Waals surface area contributed by atoms with Crippen molar-refractivity contribution in [2.45, 2.75) is 13.0 Å². The summed E-state index contributed by atoms with van der Waals surface area (Å²) in [5.41, 5.74) is 5.35. The van der Waals surface area contributed by atoms with Crippen LogP contribution in [0.2, 0.25) is 0 Å². The van der Waals surface area contributed by atoms with Crippen LogP contribution in [0.25, 0.3) is 0 Å². The summed E-state index contributed by atoms with van der Waals surface area (Å²) in [4.78, 5) is 2.40. The zero-order valence-corrected chi connectivity index (χ0v) is 7.70. The summed E-state index contributed by atoms with van der Waals surface area (Å²) in [6.07, 6.45) is 4.13. The lowest BCUT2D eigenvalue weighted by molar-refractivity contribution is 0.00555. The van der Waals surface area contributed by atoms with E-state index in [2.05, 4.69) is 17.9 Å². The number of hydrogen-bond acceptors (Lipinski definition) is 3. The van der Waals surface area contributed by atoms with Crippen molar-refractivity contribution >= 4 is 0 Å². The number of rotatable bonds is 3. The van der Waals surface area contributed by atoms with E-state index in [0.717, 1.165) is 26.3 Å². The molecular weight excluding hydrogens is 152 g/mol. The van der Waals surface area contributed by atoms with Gasteiger partial charge in [-0.15, -0.1) is 0 Å². The van der Waals surface area contributed by atoms with Crippen LogP contribution >= 0.6 is 0 Å². The second-order valence-corrected chi connectivity index (χ2v) is 3.13. The van der Waals surface area contributed by atoms with Crippen LogP contribution in [0.5, 0.6) is 0 Å². The monoisotopic (exact) mass is 170 g/mol. The molecule has 0 aromatic heterocycles. The molecule has 0 bridgehead atoms. The Morgan fingerprint density at radius 3 is 3.08 bits per heavy atom. The second-order valence-electron chi connectivity index (χ2n) is 3.13. The number of hydrogen-bond donors (Lipinski definition) is 1. The molecule has 0 spiro atoms. The predicted octanol–water partition coefficient (Wildman–Crippen LogP) is 0.222. The molecule has 0 saturated carbocycles. The third-order valence-corrected chi connectivity index (χ3v) is 2.15. The Kier molecular flexibility index (Phi) is 4.29. The summed E-state index contributed by atoms with van der Waals surface area (Å²) < 4.78 is 5.33. The fourth-order valence-electron chi connectivity index (χ4n) is 1.34. The molecule has 3 nitrogen and oxygen atoms in total. The first kappa shape index (κ1) is 9.71. The van der Waals surface area contributed by atoms with Gasteiger partial charge in [0.1, 0.15) is 0 Å². The van der Waals surface area contributed by atoms with Gasteiger partial charge in [0.05, 0.1) is 13.2 Å². The van der Waals surface area contributed by atoms with Crippen molar-refractivity contribution in [1.82, 2.24) is 4.90 Å². The molecule has 1 heterocycles. The summed E-state index contributed by atoms with van der Waals surface area (Å²) in [6.45, 7) is 6.59. The Balaban J connectivity index is 2.24. The van der Waals surface area contributed by atoms with E-state index in [1.165, 1.54) is 0 Å². The van der Waals surface area contributed by atoms with Crippen LogP contribution in [0.1, 0.15) is 6.92 Å². The van der Waals surface area contributed by atoms with Gasteiger partial charge in [-0.2, -0.15) is 0 Å². The number of nitrogens with two attached hydrogens (primary N) is 1. The van der Waals surface area contributed by atoms with E-state index in [0.29, 0.717) is 12.6 Å². The maximum absolute atomic E-state index is 5.35. The number of nitrogens with zero attached hydrogens (tertiary/aromatic N) is 1. The average Bonchev–Trinajstić information content (AvgIpc) is 2.09. The molecule has 0 aromatic carbocycles. The zero-order valence-electron chi connectivity index (χ0n) is 7.70. The highest BCUT2D eigenvalue weighted by Crippen LogP contribution is 2.04. The molecule has 1 fully saturated rings. The van der Waals surface area contributed by atoms with Crippen LogP contribution in [-0.2, 0) is 4.74 Å². The Labute approximate surface area is 74.2 Å². The van der Waals surface area contributed by atoms with Crippen LogP contribution in [0.4, 0.5) is 0 Å². The van der Waals surface area contributed by atoms with E-state index in [4.69, 9.17) is 10.5 Å². The maximum atomic E-state index is 5.35. The molecule has 0 aliphatic carbocycles. The fraction of sp³-hybridized carbons (Fsp3) is 0.778. The van der Waals surface area contributed by atoms with Gasteiger partial charge in [0.25, 0.3) is 0 Å². The van der Waals surface area contributed by atoms with Gasteiger partial charge in [-0.05, 0) is 6.92 Å². The molecule has 2 N–H and O–H groups in total. The Morgan fingerprint density at radius 2 is 2.42 bits per heavy atom. The summed E-state index contributed by atoms with van der Waals surface area (Å²) in [5.74, 6) is 0. The van der Waals surface area contributed by atoms with Crippen molar-refractivity contribution in [2.75, 3.05) is 32.8 Å². The van der Waals surface area contributed by atoms with E-state index in [9.17, 15) is 0 Å². The van der Waals surface area contributed by atoms with Crippen LogP contribution < -0.4 is 5.73 Å². The Morgan fingerprint density at radius 1 is 1.58 bits per heavy atom. The minimum Gasteiger partial charge on any atom is -0.379 e. The van der Waals surface area contributed by atoms with Crippen molar-refractivity contribution in [3.8, 4) is 0 Å². The first-order chi connectivity index (χ1) is 5.84. The minimum absolute atomic E-state index is 0.543. The lowest BCUT2D eigenvalue weighted by Crippen LogP contribution is -2.43. The lowest BCUT2D eigenvalue weighted by atomic mass is 10.2. The van der Waals surface area contributed by atoms with Gasteiger partial charge in [0.15, 0.2) is 0 Å². The van der Waals surface area contributed by atoms with Crippen molar-refractivity contribution in [2.24, 2.45) is 5.73 Å². The van der Waals surface area contributed by atoms with Crippen LogP contribution in [0.3, 0.4) is 0 Å². The summed E-state index contributed by atoms with van der Waals surface area (Å²) >= 11 is 0. The number of morpholine rings is 1. The minimum atomic E-state index is 0.543. The third-order valence-electron chi connectivity index (χ3n) is 2.15. The predicted molar refractivity (Wildman–Crippen MR) is 50.0 cm³/mol. The van der Waals surface area contributed by atoms with Gasteiger partial charge in [-0.25, -0.2) is 0 Å². The Hall–Kier alpha value is -0.380. The van der Waals surface area contributed by atoms with Gasteiger partial charge < -0.3 is 10.5 Å². The first-order valence-electron chi connectivity index (χ1n) is 4.51. The normalized spacial score (nSPS) is 26.7. The lowest BCUT2D eigenvalue weighted by Gasteiger charge is -2.32. The van der Waals surface area contributed by atoms with E-state index < -0.39 is 0 Å². The summed E-state index contributed by atoms with van der Waals surface area (Å²) in [5, 5.41) is 0. The van der Waals surface area contributed by atoms with Gasteiger partial charge in [-0.3, -0.25) is 4.90 Å². The quantitative estimate of drug-likeness (QED) is 0.616. The van der Waals surface area contributed by atoms with Crippen LogP contribution in [-0.4, -0.2) is 43.8 Å². The van der Waals surface area contributed by atoms with E-state index in [1.54, 1.807) is 0 Å². The van der Waals surface area contributed by atoms with Crippen LogP contribution in [0.15, 0.2) is 12.2 Å². The first-order valence-corrected chi connectivity index (χ1v) is 4.51. The molecule has 0 aromatic rings. The average molecular weight is 170 g/mol. The van der Waals surface area contributed by atoms with Crippen molar-refractivity contribution in [3.63, 3.8) is 0 Å². The molecule has 1 atom stereocenters. The van der Waals surface area contributed by atoms with Gasteiger partial charge >= 0.3 is 0 Å². The zero-order chi connectivity index (χ0) is 8.81. The van der Waals surface area contributed by atoms with Gasteiger partial charge in [0.2, 0.25) is 0 Å². The third kappa shape index (κ3) is 2.93. The summed E-state index contributed by atoms with van der Waals surface area (Å²) in [7, 11) is 0. The van der Waals surface area contributed by atoms with E-state index in [-0.39, 0.29) is 0 Å². The highest BCUT2D eigenvalue weighted by atomic mass is 16.5. The number of ether oxygens (including phenoxy) is 1. The fourth-order valence-corrected chi connectivity index (χ4v) is 1.34. The van der Waals surface area contributed by atoms with Gasteiger partial charge in [-0.1, -0.05) is 12.2 Å². The molecule has 12 heavy (non-hydrogen) atoms. The maximum Gasteiger partial charge on any atom is 0.0619 e. The molecule has 1 aliphatic rings. The SMILES string of the molecule is CC1COCCN1C/C=C/CN. The molecule has 1 aliphatic heterocycles. The molecule has 1 saturated heterocycles. The molecule has 0 radical (unpaired) electrons. The molecule has 3 heteroatoms. The topological polar surface area (TPSA) is 38.5 Å². The molecule has 70 valence electrons. The smallest absolute Gasteiger partial charge is 0.0619 e. The largest absolute Gasteiger partial charge is 0.379 e. The molecule has 1 rings (SSSR count). The van der Waals surface area contributed by atoms with E-state index in [1.807, 2.05) is 6.08 Å². The van der Waals surface area contributed by atoms with Crippen molar-refractivity contribution in [1.29, 1.82) is 0 Å². The summed E-state index contributed by atoms with van der Waals surface area (Å²) in [6, 6.07) is 0.543. The highest BCUT2D eigenvalue weighted by Gasteiger charge is 2.16. The van der Waals surface area contributed by atoms with Crippen LogP contribution in [0, 0.1) is 0 Å². The van der Waals surface area contributed by atoms with Crippen molar-refractivity contribution < 1.29 is 4.74 Å². The van der Waals surface area contributed by atoms with Crippen molar-refractivity contribution in [3.05, 3.63) is 12.2 Å². The highest BCUT2D eigenvalue weighted by molar-refractivity contribution is 4.87. The van der Waals surface area contributed by atoms with E-state index >= 15 is 0 Å². The Bertz CT molecular complexity index is 147.